The van der Waals surface area contributed by atoms with E-state index in [1.54, 1.807) is 6.08 Å². The van der Waals surface area contributed by atoms with Gasteiger partial charge in [0.05, 0.1) is 0 Å². The molecule has 7 nitrogen and oxygen atoms in total. The Kier molecular flexibility index (Phi) is 7.38. The molecule has 0 spiro atoms. The second kappa shape index (κ2) is 9.87. The van der Waals surface area contributed by atoms with E-state index >= 15 is 0 Å². The lowest BCUT2D eigenvalue weighted by atomic mass is 9.47. The first-order valence-electron chi connectivity index (χ1n) is 13.7. The minimum atomic E-state index is -0.245. The van der Waals surface area contributed by atoms with E-state index in [1.165, 1.54) is 4.90 Å². The van der Waals surface area contributed by atoms with Gasteiger partial charge in [-0.25, -0.2) is 4.79 Å². The lowest BCUT2D eigenvalue weighted by Gasteiger charge is -2.60. The van der Waals surface area contributed by atoms with Crippen LogP contribution < -0.4 is 5.32 Å². The summed E-state index contributed by atoms with van der Waals surface area (Å²) in [6, 6.07) is 0.0272. The fourth-order valence-electron chi connectivity index (χ4n) is 8.44. The number of hydrogen-bond donors (Lipinski definition) is 1. The van der Waals surface area contributed by atoms with Crippen LogP contribution >= 0.6 is 0 Å². The third-order valence-corrected chi connectivity index (χ3v) is 10.3. The monoisotopic (exact) mass is 486 g/mol. The standard InChI is InChI=1S/C28H46N4O3/c1-7-29-26(35)32(18-8-17-30(4)5)25(34)22-11-10-20-19-9-12-23-28(3,16-14-24(33)31(23)6)21(19)13-15-27(20,22)2/h14,16,19-23H,7-13,15,17-18H2,1-6H3,(H,29,35)/t19-,20-,21+,22?,23?,27-,28+/m0/s1. The predicted octanol–water partition coefficient (Wildman–Crippen LogP) is 3.75. The molecule has 0 saturated heterocycles. The van der Waals surface area contributed by atoms with Crippen LogP contribution in [0.1, 0.15) is 65.7 Å². The molecule has 4 aliphatic rings. The zero-order valence-electron chi connectivity index (χ0n) is 22.7. The SMILES string of the molecule is CCNC(=O)N(CCCN(C)C)C(=O)C1CC[C@H]2[C@@H]3CCC4N(C)C(=O)C=C[C@]4(C)[C@@H]3CC[C@]12C. The molecule has 0 aromatic carbocycles. The zero-order chi connectivity index (χ0) is 25.5. The third kappa shape index (κ3) is 4.42. The van der Waals surface area contributed by atoms with Gasteiger partial charge in [-0.2, -0.15) is 0 Å². The van der Waals surface area contributed by atoms with Gasteiger partial charge >= 0.3 is 6.03 Å². The molecule has 0 aromatic rings. The van der Waals surface area contributed by atoms with Gasteiger partial charge in [-0.1, -0.05) is 19.9 Å². The summed E-state index contributed by atoms with van der Waals surface area (Å²) >= 11 is 0. The molecule has 7 atom stereocenters. The van der Waals surface area contributed by atoms with Crippen molar-refractivity contribution >= 4 is 17.8 Å². The van der Waals surface area contributed by atoms with Crippen molar-refractivity contribution < 1.29 is 14.4 Å². The quantitative estimate of drug-likeness (QED) is 0.621. The molecule has 3 fully saturated rings. The number of imide groups is 1. The summed E-state index contributed by atoms with van der Waals surface area (Å²) in [5, 5.41) is 2.87. The Morgan fingerprint density at radius 1 is 1.09 bits per heavy atom. The van der Waals surface area contributed by atoms with Gasteiger partial charge in [-0.05, 0) is 102 Å². The molecule has 1 aliphatic heterocycles. The van der Waals surface area contributed by atoms with Gasteiger partial charge in [0.25, 0.3) is 0 Å². The predicted molar refractivity (Wildman–Crippen MR) is 138 cm³/mol. The smallest absolute Gasteiger partial charge is 0.324 e. The van der Waals surface area contributed by atoms with Crippen molar-refractivity contribution in [1.29, 1.82) is 0 Å². The number of urea groups is 1. The van der Waals surface area contributed by atoms with Gasteiger partial charge in [0.1, 0.15) is 0 Å². The van der Waals surface area contributed by atoms with E-state index in [0.29, 0.717) is 30.8 Å². The van der Waals surface area contributed by atoms with Crippen LogP contribution in [0.25, 0.3) is 0 Å². The second-order valence-corrected chi connectivity index (χ2v) is 12.3. The highest BCUT2D eigenvalue weighted by Crippen LogP contribution is 2.65. The van der Waals surface area contributed by atoms with E-state index < -0.39 is 0 Å². The molecule has 0 aromatic heterocycles. The highest BCUT2D eigenvalue weighted by molar-refractivity contribution is 5.96. The fraction of sp³-hybridized carbons (Fsp3) is 0.821. The Labute approximate surface area is 211 Å². The Bertz CT molecular complexity index is 872. The topological polar surface area (TPSA) is 73.0 Å². The molecule has 0 radical (unpaired) electrons. The highest BCUT2D eigenvalue weighted by atomic mass is 16.2. The number of nitrogens with zero attached hydrogens (tertiary/aromatic N) is 3. The van der Waals surface area contributed by atoms with Crippen molar-refractivity contribution in [2.75, 3.05) is 40.8 Å². The van der Waals surface area contributed by atoms with Crippen LogP contribution in [0.4, 0.5) is 4.79 Å². The fourth-order valence-corrected chi connectivity index (χ4v) is 8.44. The van der Waals surface area contributed by atoms with Crippen molar-refractivity contribution in [3.63, 3.8) is 0 Å². The van der Waals surface area contributed by atoms with Crippen LogP contribution in [-0.2, 0) is 9.59 Å². The number of fused-ring (bicyclic) bond motifs is 5. The maximum Gasteiger partial charge on any atom is 0.324 e. The summed E-state index contributed by atoms with van der Waals surface area (Å²) in [6.07, 6.45) is 11.0. The van der Waals surface area contributed by atoms with E-state index in [9.17, 15) is 14.4 Å². The number of amides is 4. The van der Waals surface area contributed by atoms with E-state index in [1.807, 2.05) is 33.0 Å². The molecular formula is C28H46N4O3. The number of carbonyl (C=O) groups excluding carboxylic acids is 3. The van der Waals surface area contributed by atoms with Crippen molar-refractivity contribution in [1.82, 2.24) is 20.0 Å². The van der Waals surface area contributed by atoms with Crippen molar-refractivity contribution in [3.8, 4) is 0 Å². The molecule has 1 heterocycles. The third-order valence-electron chi connectivity index (χ3n) is 10.3. The summed E-state index contributed by atoms with van der Waals surface area (Å²) in [4.78, 5) is 44.7. The number of hydrogen-bond acceptors (Lipinski definition) is 4. The van der Waals surface area contributed by atoms with E-state index in [-0.39, 0.29) is 40.6 Å². The zero-order valence-corrected chi connectivity index (χ0v) is 22.7. The van der Waals surface area contributed by atoms with E-state index in [0.717, 1.165) is 51.5 Å². The second-order valence-electron chi connectivity index (χ2n) is 12.3. The number of likely N-dealkylation sites (N-methyl/N-ethyl adjacent to an activating group) is 1. The average Bonchev–Trinajstić information content (AvgIpc) is 3.16. The van der Waals surface area contributed by atoms with Crippen molar-refractivity contribution in [3.05, 3.63) is 12.2 Å². The Morgan fingerprint density at radius 3 is 2.51 bits per heavy atom. The maximum atomic E-state index is 13.9. The average molecular weight is 487 g/mol. The molecule has 196 valence electrons. The molecule has 4 rings (SSSR count). The normalized spacial score (nSPS) is 38.1. The maximum absolute atomic E-state index is 13.9. The highest BCUT2D eigenvalue weighted by Gasteiger charge is 2.62. The van der Waals surface area contributed by atoms with Gasteiger partial charge in [-0.15, -0.1) is 0 Å². The molecule has 35 heavy (non-hydrogen) atoms. The lowest BCUT2D eigenvalue weighted by Crippen LogP contribution is -2.60. The molecule has 1 N–H and O–H groups in total. The van der Waals surface area contributed by atoms with Crippen LogP contribution in [0.5, 0.6) is 0 Å². The van der Waals surface area contributed by atoms with Gasteiger partial charge in [0.2, 0.25) is 11.8 Å². The molecule has 4 amide bonds. The van der Waals surface area contributed by atoms with Crippen molar-refractivity contribution in [2.45, 2.75) is 71.8 Å². The van der Waals surface area contributed by atoms with Crippen LogP contribution in [0, 0.1) is 34.5 Å². The first-order chi connectivity index (χ1) is 16.5. The minimum absolute atomic E-state index is 0.00816. The number of nitrogens with one attached hydrogen (secondary N) is 1. The molecule has 7 heteroatoms. The largest absolute Gasteiger partial charge is 0.338 e. The minimum Gasteiger partial charge on any atom is -0.338 e. The first kappa shape index (κ1) is 26.2. The van der Waals surface area contributed by atoms with Crippen LogP contribution in [0.2, 0.25) is 0 Å². The lowest BCUT2D eigenvalue weighted by molar-refractivity contribution is -0.145. The van der Waals surface area contributed by atoms with Gasteiger partial charge in [0.15, 0.2) is 0 Å². The first-order valence-corrected chi connectivity index (χ1v) is 13.7. The van der Waals surface area contributed by atoms with E-state index in [4.69, 9.17) is 0 Å². The van der Waals surface area contributed by atoms with Crippen LogP contribution in [-0.4, -0.2) is 79.4 Å². The number of carbonyl (C=O) groups is 3. The number of rotatable bonds is 6. The van der Waals surface area contributed by atoms with E-state index in [2.05, 4.69) is 30.1 Å². The molecular weight excluding hydrogens is 440 g/mol. The summed E-state index contributed by atoms with van der Waals surface area (Å²) in [5.74, 6) is 1.68. The summed E-state index contributed by atoms with van der Waals surface area (Å²) in [5.41, 5.74) is -0.0535. The summed E-state index contributed by atoms with van der Waals surface area (Å²) < 4.78 is 0. The Morgan fingerprint density at radius 2 is 1.83 bits per heavy atom. The Balaban J connectivity index is 1.54. The molecule has 2 unspecified atom stereocenters. The Hall–Kier alpha value is -1.89. The van der Waals surface area contributed by atoms with Crippen LogP contribution in [0.3, 0.4) is 0 Å². The van der Waals surface area contributed by atoms with Gasteiger partial charge in [0, 0.05) is 37.5 Å². The molecule has 3 saturated carbocycles. The van der Waals surface area contributed by atoms with Crippen molar-refractivity contribution in [2.24, 2.45) is 34.5 Å². The van der Waals surface area contributed by atoms with Crippen LogP contribution in [0.15, 0.2) is 12.2 Å². The van der Waals surface area contributed by atoms with Gasteiger partial charge < -0.3 is 15.1 Å². The summed E-state index contributed by atoms with van der Waals surface area (Å²) in [7, 11) is 5.99. The van der Waals surface area contributed by atoms with Gasteiger partial charge in [-0.3, -0.25) is 14.5 Å². The molecule has 3 aliphatic carbocycles. The summed E-state index contributed by atoms with van der Waals surface area (Å²) in [6.45, 7) is 8.43. The molecule has 0 bridgehead atoms.